The summed E-state index contributed by atoms with van der Waals surface area (Å²) < 4.78 is 1.87. The second-order valence-electron chi connectivity index (χ2n) is 7.19. The molecule has 2 amide bonds. The summed E-state index contributed by atoms with van der Waals surface area (Å²) in [6.07, 6.45) is 2.88. The first kappa shape index (κ1) is 18.2. The number of para-hydroxylation sites is 2. The number of anilines is 1. The average Bonchev–Trinajstić information content (AvgIpc) is 3.51. The predicted molar refractivity (Wildman–Crippen MR) is 109 cm³/mol. The molecule has 2 aromatic carbocycles. The van der Waals surface area contributed by atoms with Crippen molar-refractivity contribution in [2.24, 2.45) is 5.92 Å². The van der Waals surface area contributed by atoms with Gasteiger partial charge < -0.3 is 15.2 Å². The van der Waals surface area contributed by atoms with Crippen LogP contribution >= 0.6 is 0 Å². The first-order chi connectivity index (χ1) is 13.6. The van der Waals surface area contributed by atoms with Crippen LogP contribution < -0.4 is 10.6 Å². The highest BCUT2D eigenvalue weighted by Crippen LogP contribution is 2.28. The van der Waals surface area contributed by atoms with Crippen molar-refractivity contribution in [1.29, 1.82) is 0 Å². The number of fused-ring (bicyclic) bond motifs is 1. The van der Waals surface area contributed by atoms with Gasteiger partial charge in [-0.15, -0.1) is 0 Å². The van der Waals surface area contributed by atoms with Crippen LogP contribution in [0.2, 0.25) is 0 Å². The van der Waals surface area contributed by atoms with E-state index in [9.17, 15) is 9.59 Å². The number of imidazole rings is 1. The Morgan fingerprint density at radius 3 is 2.57 bits per heavy atom. The monoisotopic (exact) mass is 376 g/mol. The lowest BCUT2D eigenvalue weighted by Gasteiger charge is -2.11. The normalized spacial score (nSPS) is 13.5. The fraction of sp³-hybridized carbons (Fsp3) is 0.318. The molecule has 0 atom stereocenters. The maximum absolute atomic E-state index is 12.6. The van der Waals surface area contributed by atoms with Crippen LogP contribution in [0.15, 0.2) is 48.5 Å². The van der Waals surface area contributed by atoms with Gasteiger partial charge in [-0.25, -0.2) is 4.98 Å². The van der Waals surface area contributed by atoms with Gasteiger partial charge in [-0.05, 0) is 49.1 Å². The van der Waals surface area contributed by atoms with Crippen LogP contribution in [0.5, 0.6) is 0 Å². The van der Waals surface area contributed by atoms with Crippen molar-refractivity contribution < 1.29 is 9.59 Å². The fourth-order valence-corrected chi connectivity index (χ4v) is 3.26. The number of rotatable bonds is 7. The molecule has 0 unspecified atom stereocenters. The van der Waals surface area contributed by atoms with Gasteiger partial charge in [0, 0.05) is 11.6 Å². The lowest BCUT2D eigenvalue weighted by atomic mass is 10.1. The Kier molecular flexibility index (Phi) is 5.10. The maximum Gasteiger partial charge on any atom is 0.244 e. The minimum atomic E-state index is -0.123. The summed E-state index contributed by atoms with van der Waals surface area (Å²) in [7, 11) is 0. The van der Waals surface area contributed by atoms with Gasteiger partial charge in [0.25, 0.3) is 0 Å². The lowest BCUT2D eigenvalue weighted by molar-refractivity contribution is -0.122. The SMILES string of the molecule is CCc1ccc(NC(=O)Cn2c(CNC(=O)C3CC3)nc3ccccc32)cc1. The van der Waals surface area contributed by atoms with Gasteiger partial charge in [0.1, 0.15) is 12.4 Å². The number of nitrogens with one attached hydrogen (secondary N) is 2. The Balaban J connectivity index is 1.51. The molecule has 28 heavy (non-hydrogen) atoms. The molecule has 1 aliphatic carbocycles. The highest BCUT2D eigenvalue weighted by molar-refractivity contribution is 5.91. The van der Waals surface area contributed by atoms with E-state index in [1.165, 1.54) is 5.56 Å². The van der Waals surface area contributed by atoms with Gasteiger partial charge in [0.2, 0.25) is 11.8 Å². The summed E-state index contributed by atoms with van der Waals surface area (Å²) >= 11 is 0. The van der Waals surface area contributed by atoms with Crippen molar-refractivity contribution in [3.8, 4) is 0 Å². The molecule has 0 bridgehead atoms. The van der Waals surface area contributed by atoms with Crippen LogP contribution in [0.3, 0.4) is 0 Å². The predicted octanol–water partition coefficient (Wildman–Crippen LogP) is 3.26. The Morgan fingerprint density at radius 2 is 1.86 bits per heavy atom. The van der Waals surface area contributed by atoms with E-state index in [1.807, 2.05) is 53.1 Å². The van der Waals surface area contributed by atoms with E-state index < -0.39 is 0 Å². The molecule has 144 valence electrons. The number of hydrogen-bond acceptors (Lipinski definition) is 3. The minimum Gasteiger partial charge on any atom is -0.349 e. The summed E-state index contributed by atoms with van der Waals surface area (Å²) in [4.78, 5) is 29.2. The third-order valence-electron chi connectivity index (χ3n) is 5.05. The quantitative estimate of drug-likeness (QED) is 0.664. The summed E-state index contributed by atoms with van der Waals surface area (Å²) in [6.45, 7) is 2.56. The number of aryl methyl sites for hydroxylation is 1. The molecular weight excluding hydrogens is 352 g/mol. The number of aromatic nitrogens is 2. The summed E-state index contributed by atoms with van der Waals surface area (Å²) in [6, 6.07) is 15.6. The van der Waals surface area contributed by atoms with E-state index in [0.717, 1.165) is 36.0 Å². The van der Waals surface area contributed by atoms with Crippen LogP contribution in [-0.2, 0) is 29.1 Å². The topological polar surface area (TPSA) is 76.0 Å². The highest BCUT2D eigenvalue weighted by Gasteiger charge is 2.29. The Bertz CT molecular complexity index is 1000. The molecule has 2 N–H and O–H groups in total. The second-order valence-corrected chi connectivity index (χ2v) is 7.19. The van der Waals surface area contributed by atoms with E-state index >= 15 is 0 Å². The van der Waals surface area contributed by atoms with Gasteiger partial charge in [-0.1, -0.05) is 31.2 Å². The molecule has 0 radical (unpaired) electrons. The van der Waals surface area contributed by atoms with Gasteiger partial charge in [0.05, 0.1) is 17.6 Å². The van der Waals surface area contributed by atoms with E-state index in [-0.39, 0.29) is 24.3 Å². The number of hydrogen-bond donors (Lipinski definition) is 2. The van der Waals surface area contributed by atoms with Crippen LogP contribution in [0.1, 0.15) is 31.2 Å². The van der Waals surface area contributed by atoms with Crippen LogP contribution in [-0.4, -0.2) is 21.4 Å². The summed E-state index contributed by atoms with van der Waals surface area (Å²) in [5, 5.41) is 5.89. The molecule has 4 rings (SSSR count). The van der Waals surface area contributed by atoms with E-state index in [0.29, 0.717) is 12.4 Å². The Morgan fingerprint density at radius 1 is 1.11 bits per heavy atom. The number of benzene rings is 2. The molecule has 1 heterocycles. The first-order valence-electron chi connectivity index (χ1n) is 9.74. The van der Waals surface area contributed by atoms with Crippen LogP contribution in [0, 0.1) is 5.92 Å². The third kappa shape index (κ3) is 4.06. The number of carbonyl (C=O) groups excluding carboxylic acids is 2. The summed E-state index contributed by atoms with van der Waals surface area (Å²) in [5.41, 5.74) is 3.70. The van der Waals surface area contributed by atoms with Crippen molar-refractivity contribution in [3.05, 3.63) is 59.9 Å². The summed E-state index contributed by atoms with van der Waals surface area (Å²) in [5.74, 6) is 0.778. The average molecular weight is 376 g/mol. The number of nitrogens with zero attached hydrogens (tertiary/aromatic N) is 2. The van der Waals surface area contributed by atoms with Crippen molar-refractivity contribution in [2.75, 3.05) is 5.32 Å². The molecule has 0 aliphatic heterocycles. The molecule has 1 saturated carbocycles. The van der Waals surface area contributed by atoms with E-state index in [4.69, 9.17) is 0 Å². The molecular formula is C22H24N4O2. The first-order valence-corrected chi connectivity index (χ1v) is 9.74. The van der Waals surface area contributed by atoms with Crippen molar-refractivity contribution in [3.63, 3.8) is 0 Å². The third-order valence-corrected chi connectivity index (χ3v) is 5.05. The van der Waals surface area contributed by atoms with E-state index in [1.54, 1.807) is 0 Å². The van der Waals surface area contributed by atoms with Crippen molar-refractivity contribution in [1.82, 2.24) is 14.9 Å². The number of amides is 2. The molecule has 6 heteroatoms. The van der Waals surface area contributed by atoms with Crippen LogP contribution in [0.25, 0.3) is 11.0 Å². The lowest BCUT2D eigenvalue weighted by Crippen LogP contribution is -2.27. The molecule has 0 spiro atoms. The highest BCUT2D eigenvalue weighted by atomic mass is 16.2. The molecule has 3 aromatic rings. The molecule has 1 aliphatic rings. The zero-order chi connectivity index (χ0) is 19.5. The fourth-order valence-electron chi connectivity index (χ4n) is 3.26. The zero-order valence-corrected chi connectivity index (χ0v) is 15.9. The number of carbonyl (C=O) groups is 2. The van der Waals surface area contributed by atoms with Gasteiger partial charge in [0.15, 0.2) is 0 Å². The smallest absolute Gasteiger partial charge is 0.244 e. The molecule has 0 saturated heterocycles. The van der Waals surface area contributed by atoms with Crippen LogP contribution in [0.4, 0.5) is 5.69 Å². The minimum absolute atomic E-state index is 0.0686. The zero-order valence-electron chi connectivity index (χ0n) is 15.9. The molecule has 6 nitrogen and oxygen atoms in total. The van der Waals surface area contributed by atoms with Gasteiger partial charge in [-0.3, -0.25) is 9.59 Å². The van der Waals surface area contributed by atoms with Crippen molar-refractivity contribution in [2.45, 2.75) is 39.3 Å². The Labute approximate surface area is 164 Å². The second kappa shape index (κ2) is 7.84. The standard InChI is InChI=1S/C22H24N4O2/c1-2-15-7-11-17(12-8-15)24-21(27)14-26-19-6-4-3-5-18(19)25-20(26)13-23-22(28)16-9-10-16/h3-8,11-12,16H,2,9-10,13-14H2,1H3,(H,23,28)(H,24,27). The Hall–Kier alpha value is -3.15. The largest absolute Gasteiger partial charge is 0.349 e. The molecule has 1 aromatic heterocycles. The van der Waals surface area contributed by atoms with E-state index in [2.05, 4.69) is 22.5 Å². The van der Waals surface area contributed by atoms with Gasteiger partial charge in [-0.2, -0.15) is 0 Å². The van der Waals surface area contributed by atoms with Crippen molar-refractivity contribution >= 4 is 28.5 Å². The maximum atomic E-state index is 12.6. The van der Waals surface area contributed by atoms with Gasteiger partial charge >= 0.3 is 0 Å². The molecule has 1 fully saturated rings.